The molecule has 4 heterocycles. The number of benzene rings is 1. The maximum atomic E-state index is 12.7. The van der Waals surface area contributed by atoms with Crippen LogP contribution in [0.3, 0.4) is 0 Å². The number of rotatable bonds is 6. The van der Waals surface area contributed by atoms with Crippen LogP contribution in [0.1, 0.15) is 12.8 Å². The van der Waals surface area contributed by atoms with E-state index in [9.17, 15) is 4.79 Å². The van der Waals surface area contributed by atoms with E-state index >= 15 is 0 Å². The van der Waals surface area contributed by atoms with Gasteiger partial charge in [-0.05, 0) is 37.4 Å². The zero-order valence-corrected chi connectivity index (χ0v) is 16.4. The Morgan fingerprint density at radius 3 is 3.04 bits per heavy atom. The summed E-state index contributed by atoms with van der Waals surface area (Å²) in [6.07, 6.45) is 5.90. The van der Waals surface area contributed by atoms with Crippen molar-refractivity contribution in [2.24, 2.45) is 11.8 Å². The Balaban J connectivity index is 1.41. The van der Waals surface area contributed by atoms with Crippen molar-refractivity contribution < 1.29 is 4.79 Å². The molecule has 5 rings (SSSR count). The largest absolute Gasteiger partial charge is 0.399 e. The highest BCUT2D eigenvalue weighted by atomic mass is 16.2. The molecule has 7 heteroatoms. The van der Waals surface area contributed by atoms with E-state index in [1.54, 1.807) is 11.0 Å². The number of anilines is 1. The summed E-state index contributed by atoms with van der Waals surface area (Å²) >= 11 is 0. The van der Waals surface area contributed by atoms with Gasteiger partial charge in [0.1, 0.15) is 5.69 Å². The van der Waals surface area contributed by atoms with Crippen LogP contribution in [0.15, 0.2) is 43.1 Å². The molecule has 1 amide bonds. The molecule has 0 radical (unpaired) electrons. The number of carbonyl (C=O) groups excluding carboxylic acids is 1. The number of nitrogens with zero attached hydrogens (tertiary/aromatic N) is 5. The van der Waals surface area contributed by atoms with Crippen LogP contribution >= 0.6 is 0 Å². The van der Waals surface area contributed by atoms with E-state index in [2.05, 4.69) is 21.8 Å². The smallest absolute Gasteiger partial charge is 0.227 e. The lowest BCUT2D eigenvalue weighted by molar-refractivity contribution is -0.142. The highest BCUT2D eigenvalue weighted by Crippen LogP contribution is 2.37. The molecule has 4 unspecified atom stereocenters. The maximum absolute atomic E-state index is 12.7. The molecule has 3 saturated heterocycles. The average Bonchev–Trinajstić information content (AvgIpc) is 3.16. The van der Waals surface area contributed by atoms with E-state index in [0.29, 0.717) is 18.5 Å². The van der Waals surface area contributed by atoms with E-state index in [1.807, 2.05) is 42.2 Å². The number of amides is 1. The van der Waals surface area contributed by atoms with Crippen molar-refractivity contribution in [1.82, 2.24) is 24.8 Å². The summed E-state index contributed by atoms with van der Waals surface area (Å²) < 4.78 is 1.92. The Labute approximate surface area is 165 Å². The summed E-state index contributed by atoms with van der Waals surface area (Å²) in [6, 6.07) is 8.10. The molecule has 148 valence electrons. The van der Waals surface area contributed by atoms with E-state index < -0.39 is 0 Å². The van der Waals surface area contributed by atoms with E-state index in [0.717, 1.165) is 49.4 Å². The van der Waals surface area contributed by atoms with Crippen LogP contribution in [0, 0.1) is 11.8 Å². The molecule has 3 fully saturated rings. The predicted molar refractivity (Wildman–Crippen MR) is 109 cm³/mol. The second-order valence-corrected chi connectivity index (χ2v) is 8.00. The standard InChI is InChI=1S/C21H28N6O/c1-3-8-25(2)21(28)19-13-26-9-7-15(19)11-18(26)12-27-14-20(23-24-27)16-5-4-6-17(22)10-16/h3-6,10,14-15,18-19H,1,7-9,11-13,22H2,2H3. The molecule has 0 saturated carbocycles. The Bertz CT molecular complexity index is 862. The highest BCUT2D eigenvalue weighted by Gasteiger charge is 2.44. The first kappa shape index (κ1) is 18.7. The lowest BCUT2D eigenvalue weighted by Crippen LogP contribution is -2.58. The molecule has 0 spiro atoms. The predicted octanol–water partition coefficient (Wildman–Crippen LogP) is 1.88. The van der Waals surface area contributed by atoms with Crippen LogP contribution < -0.4 is 5.73 Å². The van der Waals surface area contributed by atoms with Crippen LogP contribution in [0.4, 0.5) is 5.69 Å². The lowest BCUT2D eigenvalue weighted by atomic mass is 9.75. The van der Waals surface area contributed by atoms with Gasteiger partial charge in [0.15, 0.2) is 0 Å². The number of aromatic nitrogens is 3. The molecular weight excluding hydrogens is 352 g/mol. The van der Waals surface area contributed by atoms with Crippen molar-refractivity contribution >= 4 is 11.6 Å². The summed E-state index contributed by atoms with van der Waals surface area (Å²) in [4.78, 5) is 17.0. The van der Waals surface area contributed by atoms with E-state index in [4.69, 9.17) is 5.73 Å². The van der Waals surface area contributed by atoms with Crippen molar-refractivity contribution in [2.45, 2.75) is 25.4 Å². The average molecular weight is 380 g/mol. The minimum Gasteiger partial charge on any atom is -0.399 e. The van der Waals surface area contributed by atoms with Crippen molar-refractivity contribution in [1.29, 1.82) is 0 Å². The second kappa shape index (κ2) is 7.75. The van der Waals surface area contributed by atoms with Gasteiger partial charge in [-0.15, -0.1) is 11.7 Å². The third kappa shape index (κ3) is 3.67. The molecule has 1 aromatic heterocycles. The first-order valence-electron chi connectivity index (χ1n) is 9.91. The third-order valence-corrected chi connectivity index (χ3v) is 6.09. The van der Waals surface area contributed by atoms with Crippen molar-refractivity contribution in [3.8, 4) is 11.3 Å². The molecule has 2 aromatic rings. The molecule has 3 aliphatic heterocycles. The SMILES string of the molecule is C=CCN(C)C(=O)C1CN2CCC1CC2Cn1cc(-c2cccc(N)c2)nn1. The van der Waals surface area contributed by atoms with Gasteiger partial charge < -0.3 is 10.6 Å². The number of hydrogen-bond acceptors (Lipinski definition) is 5. The molecule has 4 atom stereocenters. The van der Waals surface area contributed by atoms with Crippen molar-refractivity contribution in [2.75, 3.05) is 32.4 Å². The molecule has 0 aliphatic carbocycles. The summed E-state index contributed by atoms with van der Waals surface area (Å²) in [6.45, 7) is 7.04. The number of carbonyl (C=O) groups is 1. The fourth-order valence-corrected chi connectivity index (χ4v) is 4.61. The third-order valence-electron chi connectivity index (χ3n) is 6.09. The number of nitrogens with two attached hydrogens (primary N) is 1. The maximum Gasteiger partial charge on any atom is 0.227 e. The van der Waals surface area contributed by atoms with Gasteiger partial charge >= 0.3 is 0 Å². The summed E-state index contributed by atoms with van der Waals surface area (Å²) in [7, 11) is 1.87. The van der Waals surface area contributed by atoms with Crippen LogP contribution in [0.5, 0.6) is 0 Å². The summed E-state index contributed by atoms with van der Waals surface area (Å²) in [5.74, 6) is 0.804. The Kier molecular flexibility index (Phi) is 5.17. The second-order valence-electron chi connectivity index (χ2n) is 8.00. The number of hydrogen-bond donors (Lipinski definition) is 1. The van der Waals surface area contributed by atoms with Crippen LogP contribution in [0.2, 0.25) is 0 Å². The zero-order chi connectivity index (χ0) is 19.7. The Hall–Kier alpha value is -2.67. The number of fused-ring (bicyclic) bond motifs is 3. The van der Waals surface area contributed by atoms with Crippen molar-refractivity contribution in [3.63, 3.8) is 0 Å². The van der Waals surface area contributed by atoms with Gasteiger partial charge in [0.25, 0.3) is 0 Å². The van der Waals surface area contributed by atoms with Crippen LogP contribution in [-0.4, -0.2) is 63.4 Å². The molecular formula is C21H28N6O. The van der Waals surface area contributed by atoms with E-state index in [-0.39, 0.29) is 11.8 Å². The first-order valence-corrected chi connectivity index (χ1v) is 9.91. The molecule has 7 nitrogen and oxygen atoms in total. The van der Waals surface area contributed by atoms with Gasteiger partial charge in [0, 0.05) is 37.4 Å². The quantitative estimate of drug-likeness (QED) is 0.611. The van der Waals surface area contributed by atoms with Crippen LogP contribution in [-0.2, 0) is 11.3 Å². The first-order chi connectivity index (χ1) is 13.5. The zero-order valence-electron chi connectivity index (χ0n) is 16.4. The van der Waals surface area contributed by atoms with Gasteiger partial charge in [-0.25, -0.2) is 0 Å². The van der Waals surface area contributed by atoms with Gasteiger partial charge in [0.2, 0.25) is 5.91 Å². The minimum absolute atomic E-state index is 0.105. The fraction of sp³-hybridized carbons (Fsp3) is 0.476. The van der Waals surface area contributed by atoms with E-state index in [1.165, 1.54) is 0 Å². The lowest BCUT2D eigenvalue weighted by Gasteiger charge is -2.49. The highest BCUT2D eigenvalue weighted by molar-refractivity contribution is 5.79. The number of piperidine rings is 3. The summed E-state index contributed by atoms with van der Waals surface area (Å²) in [5.41, 5.74) is 8.41. The number of likely N-dealkylation sites (N-methyl/N-ethyl adjacent to an activating group) is 1. The van der Waals surface area contributed by atoms with Gasteiger partial charge in [-0.1, -0.05) is 23.4 Å². The van der Waals surface area contributed by atoms with Gasteiger partial charge in [0.05, 0.1) is 18.7 Å². The van der Waals surface area contributed by atoms with Gasteiger partial charge in [-0.3, -0.25) is 14.4 Å². The molecule has 28 heavy (non-hydrogen) atoms. The monoisotopic (exact) mass is 380 g/mol. The molecule has 1 aromatic carbocycles. The fourth-order valence-electron chi connectivity index (χ4n) is 4.61. The minimum atomic E-state index is 0.105. The topological polar surface area (TPSA) is 80.3 Å². The normalized spacial score (nSPS) is 26.2. The molecule has 2 bridgehead atoms. The Morgan fingerprint density at radius 2 is 2.32 bits per heavy atom. The summed E-state index contributed by atoms with van der Waals surface area (Å²) in [5, 5.41) is 8.63. The van der Waals surface area contributed by atoms with Crippen molar-refractivity contribution in [3.05, 3.63) is 43.1 Å². The molecule has 3 aliphatic rings. The molecule has 2 N–H and O–H groups in total. The number of nitrogen functional groups attached to an aromatic ring is 1. The van der Waals surface area contributed by atoms with Gasteiger partial charge in [-0.2, -0.15) is 0 Å². The Morgan fingerprint density at radius 1 is 1.46 bits per heavy atom. The van der Waals surface area contributed by atoms with Crippen LogP contribution in [0.25, 0.3) is 11.3 Å².